The van der Waals surface area contributed by atoms with Crippen LogP contribution in [-0.2, 0) is 5.41 Å². The van der Waals surface area contributed by atoms with Crippen LogP contribution in [0.5, 0.6) is 0 Å². The Bertz CT molecular complexity index is 3250. The minimum absolute atomic E-state index is 0.118. The Morgan fingerprint density at radius 1 is 0.588 bits per heavy atom. The molecule has 0 atom stereocenters. The van der Waals surface area contributed by atoms with Crippen molar-refractivity contribution in [3.8, 4) is 11.1 Å². The normalized spacial score (nSPS) is 13.8. The topological polar surface area (TPSA) is 33.7 Å². The van der Waals surface area contributed by atoms with Gasteiger partial charge < -0.3 is 13.7 Å². The summed E-state index contributed by atoms with van der Waals surface area (Å²) in [4.78, 5) is 7.21. The van der Waals surface area contributed by atoms with Gasteiger partial charge in [0.1, 0.15) is 11.2 Å². The first-order valence-corrected chi connectivity index (χ1v) is 18.3. The van der Waals surface area contributed by atoms with Gasteiger partial charge in [0, 0.05) is 60.9 Å². The molecule has 0 aliphatic heterocycles. The van der Waals surface area contributed by atoms with Crippen molar-refractivity contribution in [1.29, 1.82) is 0 Å². The van der Waals surface area contributed by atoms with Crippen LogP contribution in [-0.4, -0.2) is 9.38 Å². The van der Waals surface area contributed by atoms with E-state index in [4.69, 9.17) is 9.40 Å². The number of para-hydroxylation sites is 2. The predicted octanol–water partition coefficient (Wildman–Crippen LogP) is 13.1. The minimum Gasteiger partial charge on any atom is -0.456 e. The second kappa shape index (κ2) is 9.53. The summed E-state index contributed by atoms with van der Waals surface area (Å²) in [6, 6.07) is 48.8. The fourth-order valence-corrected chi connectivity index (χ4v) is 9.96. The molecule has 4 aromatic heterocycles. The van der Waals surface area contributed by atoms with E-state index in [9.17, 15) is 0 Å². The largest absolute Gasteiger partial charge is 0.456 e. The Morgan fingerprint density at radius 2 is 1.29 bits per heavy atom. The maximum atomic E-state index is 6.45. The highest BCUT2D eigenvalue weighted by Gasteiger charge is 2.36. The Kier molecular flexibility index (Phi) is 5.17. The number of hydrogen-bond donors (Lipinski definition) is 0. The van der Waals surface area contributed by atoms with Gasteiger partial charge in [-0.05, 0) is 82.9 Å². The SMILES string of the molecule is CC1(C)c2ccccc2-c2ccc(N(c3ccc4c(c3)oc3ccccc34)c3ccc4c(c3)c3cc5ncsc5c5c6ccccc6n4c35)cc21. The van der Waals surface area contributed by atoms with Crippen molar-refractivity contribution in [2.45, 2.75) is 19.3 Å². The predicted molar refractivity (Wildman–Crippen MR) is 214 cm³/mol. The van der Waals surface area contributed by atoms with E-state index < -0.39 is 0 Å². The van der Waals surface area contributed by atoms with Gasteiger partial charge in [0.25, 0.3) is 0 Å². The van der Waals surface area contributed by atoms with Gasteiger partial charge >= 0.3 is 0 Å². The molecular weight excluding hydrogens is 643 g/mol. The van der Waals surface area contributed by atoms with Crippen molar-refractivity contribution in [2.75, 3.05) is 4.90 Å². The number of furan rings is 1. The van der Waals surface area contributed by atoms with Gasteiger partial charge in [-0.25, -0.2) is 4.98 Å². The molecule has 0 fully saturated rings. The monoisotopic (exact) mass is 671 g/mol. The van der Waals surface area contributed by atoms with Crippen molar-refractivity contribution in [3.63, 3.8) is 0 Å². The van der Waals surface area contributed by atoms with Crippen LogP contribution < -0.4 is 4.90 Å². The van der Waals surface area contributed by atoms with E-state index >= 15 is 0 Å². The number of nitrogens with zero attached hydrogens (tertiary/aromatic N) is 3. The third kappa shape index (κ3) is 3.51. The molecule has 1 aliphatic carbocycles. The second-order valence-electron chi connectivity index (χ2n) is 14.4. The second-order valence-corrected chi connectivity index (χ2v) is 15.3. The highest BCUT2D eigenvalue weighted by Crippen LogP contribution is 2.51. The molecule has 0 saturated heterocycles. The molecule has 0 amide bonds. The summed E-state index contributed by atoms with van der Waals surface area (Å²) in [5, 5.41) is 7.29. The van der Waals surface area contributed by atoms with Crippen LogP contribution in [0.3, 0.4) is 0 Å². The average molecular weight is 672 g/mol. The molecule has 51 heavy (non-hydrogen) atoms. The smallest absolute Gasteiger partial charge is 0.137 e. The highest BCUT2D eigenvalue weighted by atomic mass is 32.1. The Hall–Kier alpha value is -6.17. The molecule has 5 heteroatoms. The van der Waals surface area contributed by atoms with Gasteiger partial charge in [-0.3, -0.25) is 0 Å². The van der Waals surface area contributed by atoms with Crippen molar-refractivity contribution in [1.82, 2.24) is 9.38 Å². The summed E-state index contributed by atoms with van der Waals surface area (Å²) in [6.07, 6.45) is 0. The fraction of sp³-hybridized carbons (Fsp3) is 0.0652. The van der Waals surface area contributed by atoms with Crippen LogP contribution in [0.4, 0.5) is 17.1 Å². The average Bonchev–Trinajstić information content (AvgIpc) is 3.97. The molecule has 0 saturated carbocycles. The summed E-state index contributed by atoms with van der Waals surface area (Å²) < 4.78 is 10.2. The van der Waals surface area contributed by atoms with Crippen LogP contribution in [0.15, 0.2) is 143 Å². The standard InChI is InChI=1S/C46H29N3OS/c1-46(2)36-12-6-3-9-29(36)30-18-15-27(22-37(30)46)48(28-16-19-32-31-10-5-8-14-41(31)50-42(32)23-28)26-17-20-40-34(21-26)35-24-38-45(51-25-47-38)43-33-11-4-7-13-39(33)49(40)44(35)43/h3-25H,1-2H3. The van der Waals surface area contributed by atoms with E-state index in [2.05, 4.69) is 144 Å². The first-order chi connectivity index (χ1) is 25.0. The lowest BCUT2D eigenvalue weighted by molar-refractivity contribution is 0.660. The molecule has 0 spiro atoms. The zero-order chi connectivity index (χ0) is 33.6. The molecule has 0 bridgehead atoms. The lowest BCUT2D eigenvalue weighted by atomic mass is 9.82. The Labute approximate surface area is 296 Å². The van der Waals surface area contributed by atoms with E-state index in [1.54, 1.807) is 11.3 Å². The fourth-order valence-electron chi connectivity index (χ4n) is 9.14. The Balaban J connectivity index is 1.14. The van der Waals surface area contributed by atoms with Gasteiger partial charge in [0.15, 0.2) is 0 Å². The number of thiazole rings is 1. The quantitative estimate of drug-likeness (QED) is 0.187. The maximum absolute atomic E-state index is 6.45. The van der Waals surface area contributed by atoms with Gasteiger partial charge in [-0.1, -0.05) is 80.6 Å². The Morgan fingerprint density at radius 3 is 2.24 bits per heavy atom. The van der Waals surface area contributed by atoms with Crippen molar-refractivity contribution >= 4 is 98.6 Å². The lowest BCUT2D eigenvalue weighted by Gasteiger charge is -2.28. The van der Waals surface area contributed by atoms with Crippen molar-refractivity contribution in [3.05, 3.63) is 150 Å². The number of fused-ring (bicyclic) bond motifs is 14. The number of hydrogen-bond acceptors (Lipinski definition) is 4. The van der Waals surface area contributed by atoms with E-state index in [0.29, 0.717) is 0 Å². The zero-order valence-electron chi connectivity index (χ0n) is 27.9. The minimum atomic E-state index is -0.118. The number of anilines is 3. The van der Waals surface area contributed by atoms with Crippen LogP contribution in [0.1, 0.15) is 25.0 Å². The number of rotatable bonds is 3. The van der Waals surface area contributed by atoms with Crippen molar-refractivity contribution in [2.24, 2.45) is 0 Å². The molecule has 0 radical (unpaired) electrons. The number of aromatic nitrogens is 2. The third-order valence-electron chi connectivity index (χ3n) is 11.4. The van der Waals surface area contributed by atoms with Gasteiger partial charge in [-0.15, -0.1) is 11.3 Å². The molecule has 4 heterocycles. The molecule has 7 aromatic carbocycles. The molecule has 12 rings (SSSR count). The van der Waals surface area contributed by atoms with Crippen LogP contribution in [0, 0.1) is 0 Å². The molecule has 0 N–H and O–H groups in total. The summed E-state index contributed by atoms with van der Waals surface area (Å²) in [5.41, 5.74) is 17.0. The van der Waals surface area contributed by atoms with E-state index in [1.165, 1.54) is 65.0 Å². The summed E-state index contributed by atoms with van der Waals surface area (Å²) in [6.45, 7) is 4.69. The molecule has 240 valence electrons. The summed E-state index contributed by atoms with van der Waals surface area (Å²) in [7, 11) is 0. The van der Waals surface area contributed by atoms with E-state index in [1.807, 2.05) is 17.6 Å². The summed E-state index contributed by atoms with van der Waals surface area (Å²) in [5.74, 6) is 0. The third-order valence-corrected chi connectivity index (χ3v) is 12.3. The first-order valence-electron chi connectivity index (χ1n) is 17.4. The zero-order valence-corrected chi connectivity index (χ0v) is 28.8. The van der Waals surface area contributed by atoms with E-state index in [0.717, 1.165) is 44.5 Å². The van der Waals surface area contributed by atoms with Crippen LogP contribution in [0.25, 0.3) is 81.4 Å². The van der Waals surface area contributed by atoms with E-state index in [-0.39, 0.29) is 5.41 Å². The molecule has 11 aromatic rings. The van der Waals surface area contributed by atoms with Crippen molar-refractivity contribution < 1.29 is 4.42 Å². The van der Waals surface area contributed by atoms with Gasteiger partial charge in [-0.2, -0.15) is 0 Å². The lowest BCUT2D eigenvalue weighted by Crippen LogP contribution is -2.16. The molecule has 1 aliphatic rings. The van der Waals surface area contributed by atoms with Crippen LogP contribution >= 0.6 is 11.3 Å². The molecule has 0 unspecified atom stereocenters. The van der Waals surface area contributed by atoms with Crippen LogP contribution in [0.2, 0.25) is 0 Å². The maximum Gasteiger partial charge on any atom is 0.137 e. The summed E-state index contributed by atoms with van der Waals surface area (Å²) >= 11 is 1.73. The molecule has 4 nitrogen and oxygen atoms in total. The van der Waals surface area contributed by atoms with Gasteiger partial charge in [0.05, 0.1) is 32.3 Å². The first kappa shape index (κ1) is 27.6. The highest BCUT2D eigenvalue weighted by molar-refractivity contribution is 7.18. The van der Waals surface area contributed by atoms with Gasteiger partial charge in [0.2, 0.25) is 0 Å². The number of benzene rings is 7. The molecular formula is C46H29N3OS.